The lowest BCUT2D eigenvalue weighted by Crippen LogP contribution is -2.19. The largest absolute Gasteiger partial charge is 0.325 e. The fourth-order valence-corrected chi connectivity index (χ4v) is 4.75. The van der Waals surface area contributed by atoms with Gasteiger partial charge < -0.3 is 5.32 Å². The predicted octanol–water partition coefficient (Wildman–Crippen LogP) is 3.13. The van der Waals surface area contributed by atoms with Crippen molar-refractivity contribution in [3.8, 4) is 0 Å². The van der Waals surface area contributed by atoms with E-state index in [0.717, 1.165) is 17.4 Å². The molecule has 5 heteroatoms. The number of hydrogen-bond acceptors (Lipinski definition) is 3. The van der Waals surface area contributed by atoms with E-state index in [2.05, 4.69) is 5.32 Å². The number of benzene rings is 1. The van der Waals surface area contributed by atoms with Crippen molar-refractivity contribution in [1.82, 2.24) is 0 Å². The summed E-state index contributed by atoms with van der Waals surface area (Å²) in [5.74, 6) is 2.88. The standard InChI is InChI=1S/C16H18N2O3/c1-8-2-5-11(18(20)21)7-12(8)17-16(19)15-13-9-3-4-10(6-9)14(13)15/h2,5,7,9-10,13-15H,3-4,6H2,1H3,(H,17,19). The number of amides is 1. The molecule has 0 spiro atoms. The summed E-state index contributed by atoms with van der Waals surface area (Å²) in [5.41, 5.74) is 1.46. The van der Waals surface area contributed by atoms with Gasteiger partial charge in [-0.3, -0.25) is 14.9 Å². The van der Waals surface area contributed by atoms with Crippen molar-refractivity contribution in [3.05, 3.63) is 33.9 Å². The average Bonchev–Trinajstić information content (AvgIpc) is 2.90. The number of rotatable bonds is 3. The molecular formula is C16H18N2O3. The third kappa shape index (κ3) is 1.87. The number of nitrogens with one attached hydrogen (secondary N) is 1. The molecule has 1 aromatic carbocycles. The van der Waals surface area contributed by atoms with E-state index in [1.165, 1.54) is 31.4 Å². The third-order valence-electron chi connectivity index (χ3n) is 5.73. The van der Waals surface area contributed by atoms with Gasteiger partial charge in [0.05, 0.1) is 10.6 Å². The Balaban J connectivity index is 1.51. The zero-order valence-electron chi connectivity index (χ0n) is 11.9. The van der Waals surface area contributed by atoms with Crippen LogP contribution >= 0.6 is 0 Å². The van der Waals surface area contributed by atoms with Gasteiger partial charge in [-0.05, 0) is 55.4 Å². The van der Waals surface area contributed by atoms with E-state index in [-0.39, 0.29) is 17.5 Å². The molecule has 0 aliphatic heterocycles. The first-order chi connectivity index (χ1) is 10.1. The Bertz CT molecular complexity index is 626. The molecule has 4 rings (SSSR count). The monoisotopic (exact) mass is 286 g/mol. The van der Waals surface area contributed by atoms with Crippen LogP contribution in [0.4, 0.5) is 11.4 Å². The van der Waals surface area contributed by atoms with Gasteiger partial charge in [0, 0.05) is 18.1 Å². The lowest BCUT2D eigenvalue weighted by Gasteiger charge is -2.11. The first-order valence-corrected chi connectivity index (χ1v) is 7.62. The van der Waals surface area contributed by atoms with E-state index in [9.17, 15) is 14.9 Å². The van der Waals surface area contributed by atoms with E-state index < -0.39 is 4.92 Å². The fourth-order valence-electron chi connectivity index (χ4n) is 4.75. The number of fused-ring (bicyclic) bond motifs is 5. The van der Waals surface area contributed by atoms with Crippen molar-refractivity contribution in [3.63, 3.8) is 0 Å². The van der Waals surface area contributed by atoms with Crippen molar-refractivity contribution < 1.29 is 9.72 Å². The maximum Gasteiger partial charge on any atom is 0.271 e. The second-order valence-corrected chi connectivity index (χ2v) is 6.76. The summed E-state index contributed by atoms with van der Waals surface area (Å²) in [5, 5.41) is 13.8. The van der Waals surface area contributed by atoms with Crippen molar-refractivity contribution in [2.75, 3.05) is 5.32 Å². The van der Waals surface area contributed by atoms with Crippen LogP contribution in [-0.4, -0.2) is 10.8 Å². The number of carbonyl (C=O) groups excluding carboxylic acids is 1. The Hall–Kier alpha value is -1.91. The van der Waals surface area contributed by atoms with Gasteiger partial charge in [-0.1, -0.05) is 6.07 Å². The molecule has 0 heterocycles. The molecular weight excluding hydrogens is 268 g/mol. The summed E-state index contributed by atoms with van der Waals surface area (Å²) in [4.78, 5) is 22.9. The lowest BCUT2D eigenvalue weighted by atomic mass is 10.0. The van der Waals surface area contributed by atoms with Crippen molar-refractivity contribution in [1.29, 1.82) is 0 Å². The molecule has 0 radical (unpaired) electrons. The summed E-state index contributed by atoms with van der Waals surface area (Å²) >= 11 is 0. The molecule has 0 saturated heterocycles. The molecule has 4 unspecified atom stereocenters. The molecule has 3 aliphatic rings. The molecule has 0 aromatic heterocycles. The van der Waals surface area contributed by atoms with Gasteiger partial charge in [0.15, 0.2) is 0 Å². The smallest absolute Gasteiger partial charge is 0.271 e. The van der Waals surface area contributed by atoms with Crippen LogP contribution in [0.15, 0.2) is 18.2 Å². The number of non-ortho nitro benzene ring substituents is 1. The Morgan fingerprint density at radius 3 is 2.57 bits per heavy atom. The number of anilines is 1. The Morgan fingerprint density at radius 1 is 1.29 bits per heavy atom. The minimum absolute atomic E-state index is 0.0203. The fraction of sp³-hybridized carbons (Fsp3) is 0.562. The van der Waals surface area contributed by atoms with Crippen LogP contribution in [0.3, 0.4) is 0 Å². The molecule has 3 saturated carbocycles. The normalized spacial score (nSPS) is 35.4. The second-order valence-electron chi connectivity index (χ2n) is 6.76. The highest BCUT2D eigenvalue weighted by atomic mass is 16.6. The Kier molecular flexibility index (Phi) is 2.62. The molecule has 3 fully saturated rings. The summed E-state index contributed by atoms with van der Waals surface area (Å²) in [6.45, 7) is 1.86. The number of aryl methyl sites for hydroxylation is 1. The second kappa shape index (κ2) is 4.29. The summed E-state index contributed by atoms with van der Waals surface area (Å²) in [7, 11) is 0. The van der Waals surface area contributed by atoms with E-state index >= 15 is 0 Å². The quantitative estimate of drug-likeness (QED) is 0.685. The van der Waals surface area contributed by atoms with Crippen molar-refractivity contribution >= 4 is 17.3 Å². The molecule has 4 atom stereocenters. The topological polar surface area (TPSA) is 72.2 Å². The van der Waals surface area contributed by atoms with Crippen molar-refractivity contribution in [2.45, 2.75) is 26.2 Å². The van der Waals surface area contributed by atoms with Gasteiger partial charge >= 0.3 is 0 Å². The highest BCUT2D eigenvalue weighted by Crippen LogP contribution is 2.69. The maximum absolute atomic E-state index is 12.5. The van der Waals surface area contributed by atoms with Crippen LogP contribution in [0.1, 0.15) is 24.8 Å². The average molecular weight is 286 g/mol. The van der Waals surface area contributed by atoms with Gasteiger partial charge in [0.2, 0.25) is 5.91 Å². The van der Waals surface area contributed by atoms with Gasteiger partial charge in [-0.2, -0.15) is 0 Å². The van der Waals surface area contributed by atoms with Crippen LogP contribution in [0.2, 0.25) is 0 Å². The van der Waals surface area contributed by atoms with E-state index in [0.29, 0.717) is 17.5 Å². The van der Waals surface area contributed by atoms with Crippen LogP contribution in [0.25, 0.3) is 0 Å². The summed E-state index contributed by atoms with van der Waals surface area (Å²) in [6.07, 6.45) is 3.88. The molecule has 3 aliphatic carbocycles. The highest BCUT2D eigenvalue weighted by Gasteiger charge is 2.67. The number of nitro groups is 1. The van der Waals surface area contributed by atoms with E-state index in [1.54, 1.807) is 6.07 Å². The van der Waals surface area contributed by atoms with Gasteiger partial charge in [-0.15, -0.1) is 0 Å². The molecule has 110 valence electrons. The first kappa shape index (κ1) is 12.8. The van der Waals surface area contributed by atoms with E-state index in [1.807, 2.05) is 6.92 Å². The van der Waals surface area contributed by atoms with Gasteiger partial charge in [0.25, 0.3) is 5.69 Å². The minimum Gasteiger partial charge on any atom is -0.325 e. The Labute approximate surface area is 122 Å². The lowest BCUT2D eigenvalue weighted by molar-refractivity contribution is -0.384. The van der Waals surface area contributed by atoms with Crippen LogP contribution in [0.5, 0.6) is 0 Å². The number of hydrogen-bond donors (Lipinski definition) is 1. The number of nitro benzene ring substituents is 1. The molecule has 5 nitrogen and oxygen atoms in total. The number of nitrogens with zero attached hydrogens (tertiary/aromatic N) is 1. The molecule has 1 amide bonds. The van der Waals surface area contributed by atoms with Crippen molar-refractivity contribution in [2.24, 2.45) is 29.6 Å². The maximum atomic E-state index is 12.5. The zero-order chi connectivity index (χ0) is 14.7. The van der Waals surface area contributed by atoms with Gasteiger partial charge in [-0.25, -0.2) is 0 Å². The van der Waals surface area contributed by atoms with E-state index in [4.69, 9.17) is 0 Å². The number of carbonyl (C=O) groups is 1. The zero-order valence-corrected chi connectivity index (χ0v) is 11.9. The summed E-state index contributed by atoms with van der Waals surface area (Å²) < 4.78 is 0. The molecule has 1 N–H and O–H groups in total. The minimum atomic E-state index is -0.429. The molecule has 1 aromatic rings. The highest BCUT2D eigenvalue weighted by molar-refractivity contribution is 5.96. The summed E-state index contributed by atoms with van der Waals surface area (Å²) in [6, 6.07) is 4.61. The molecule has 2 bridgehead atoms. The van der Waals surface area contributed by atoms with Crippen LogP contribution in [-0.2, 0) is 4.79 Å². The predicted molar refractivity (Wildman–Crippen MR) is 77.8 cm³/mol. The first-order valence-electron chi connectivity index (χ1n) is 7.62. The molecule has 21 heavy (non-hydrogen) atoms. The van der Waals surface area contributed by atoms with Gasteiger partial charge in [0.1, 0.15) is 0 Å². The third-order valence-corrected chi connectivity index (χ3v) is 5.73. The SMILES string of the molecule is Cc1ccc([N+](=O)[O-])cc1NC(=O)C1C2C3CCC(C3)C12. The van der Waals surface area contributed by atoms with Crippen LogP contribution in [0, 0.1) is 46.6 Å². The van der Waals surface area contributed by atoms with Crippen LogP contribution < -0.4 is 5.32 Å². The Morgan fingerprint density at radius 2 is 1.95 bits per heavy atom.